The van der Waals surface area contributed by atoms with Crippen LogP contribution in [0, 0.1) is 0 Å². The molecule has 0 aromatic heterocycles. The van der Waals surface area contributed by atoms with Crippen LogP contribution >= 0.6 is 0 Å². The van der Waals surface area contributed by atoms with E-state index in [1.165, 1.54) is 0 Å². The fraction of sp³-hybridized carbons (Fsp3) is 0.379. The first-order valence-electron chi connectivity index (χ1n) is 12.2. The van der Waals surface area contributed by atoms with Crippen LogP contribution in [0.25, 0.3) is 0 Å². The lowest BCUT2D eigenvalue weighted by Crippen LogP contribution is -2.09. The van der Waals surface area contributed by atoms with Gasteiger partial charge in [-0.3, -0.25) is 0 Å². The summed E-state index contributed by atoms with van der Waals surface area (Å²) in [6.07, 6.45) is 9.59. The van der Waals surface area contributed by atoms with Crippen molar-refractivity contribution in [2.24, 2.45) is 0 Å². The average molecular weight is 477 g/mol. The SMILES string of the molecule is C=C/C=C\C(=C\Cc1cccc(Cc2ccccc2OCC2CO2)c1OCC1CO1)OCC1CO1. The van der Waals surface area contributed by atoms with Gasteiger partial charge in [-0.25, -0.2) is 0 Å². The molecule has 3 aliphatic rings. The molecule has 6 heteroatoms. The van der Waals surface area contributed by atoms with E-state index in [-0.39, 0.29) is 18.3 Å². The lowest BCUT2D eigenvalue weighted by Gasteiger charge is -2.17. The molecule has 0 bridgehead atoms. The van der Waals surface area contributed by atoms with Crippen LogP contribution in [-0.4, -0.2) is 58.0 Å². The van der Waals surface area contributed by atoms with Crippen molar-refractivity contribution in [2.75, 3.05) is 39.6 Å². The van der Waals surface area contributed by atoms with Crippen LogP contribution in [0.15, 0.2) is 79.1 Å². The largest absolute Gasteiger partial charge is 0.491 e. The standard InChI is InChI=1S/C29H32O6/c1-2-3-10-24(30-15-25-16-31-25)13-12-21-8-6-9-23(29(21)35-20-27-18-33-27)14-22-7-4-5-11-28(22)34-19-26-17-32-26/h2-11,13,25-27H,1,12,14-20H2/b10-3-,24-13-. The normalized spacial score (nSPS) is 22.6. The van der Waals surface area contributed by atoms with Crippen LogP contribution in [0.4, 0.5) is 0 Å². The molecule has 2 aromatic carbocycles. The van der Waals surface area contributed by atoms with Gasteiger partial charge in [0.05, 0.1) is 19.8 Å². The van der Waals surface area contributed by atoms with Gasteiger partial charge < -0.3 is 28.4 Å². The smallest absolute Gasteiger partial charge is 0.126 e. The van der Waals surface area contributed by atoms with E-state index in [1.807, 2.05) is 30.4 Å². The quantitative estimate of drug-likeness (QED) is 0.215. The predicted octanol–water partition coefficient (Wildman–Crippen LogP) is 4.42. The van der Waals surface area contributed by atoms with Crippen molar-refractivity contribution < 1.29 is 28.4 Å². The molecule has 0 amide bonds. The second-order valence-corrected chi connectivity index (χ2v) is 8.89. The summed E-state index contributed by atoms with van der Waals surface area (Å²) in [7, 11) is 0. The highest BCUT2D eigenvalue weighted by Crippen LogP contribution is 2.31. The number of para-hydroxylation sites is 2. The molecule has 6 nitrogen and oxygen atoms in total. The number of epoxide rings is 3. The summed E-state index contributed by atoms with van der Waals surface area (Å²) in [6.45, 7) is 7.74. The van der Waals surface area contributed by atoms with Gasteiger partial charge in [-0.15, -0.1) is 0 Å². The molecule has 3 aliphatic heterocycles. The Balaban J connectivity index is 1.35. The monoisotopic (exact) mass is 476 g/mol. The Kier molecular flexibility index (Phi) is 7.83. The number of benzene rings is 2. The topological polar surface area (TPSA) is 65.3 Å². The van der Waals surface area contributed by atoms with Crippen LogP contribution in [0.3, 0.4) is 0 Å². The van der Waals surface area contributed by atoms with E-state index in [9.17, 15) is 0 Å². The fourth-order valence-corrected chi connectivity index (χ4v) is 3.71. The van der Waals surface area contributed by atoms with Crippen LogP contribution in [-0.2, 0) is 31.8 Å². The second kappa shape index (κ2) is 11.6. The molecule has 3 unspecified atom stereocenters. The van der Waals surface area contributed by atoms with Crippen molar-refractivity contribution >= 4 is 0 Å². The van der Waals surface area contributed by atoms with Crippen LogP contribution in [0.1, 0.15) is 16.7 Å². The molecule has 184 valence electrons. The van der Waals surface area contributed by atoms with E-state index in [4.69, 9.17) is 28.4 Å². The molecule has 3 heterocycles. The number of ether oxygens (including phenoxy) is 6. The first-order chi connectivity index (χ1) is 17.3. The minimum absolute atomic E-state index is 0.175. The molecule has 3 atom stereocenters. The highest BCUT2D eigenvalue weighted by molar-refractivity contribution is 5.47. The summed E-state index contributed by atoms with van der Waals surface area (Å²) in [5, 5.41) is 0. The van der Waals surface area contributed by atoms with Crippen molar-refractivity contribution in [3.8, 4) is 11.5 Å². The predicted molar refractivity (Wildman–Crippen MR) is 133 cm³/mol. The zero-order valence-corrected chi connectivity index (χ0v) is 19.9. The lowest BCUT2D eigenvalue weighted by molar-refractivity contribution is 0.192. The molecule has 0 aliphatic carbocycles. The Morgan fingerprint density at radius 2 is 1.49 bits per heavy atom. The lowest BCUT2D eigenvalue weighted by atomic mass is 9.99. The van der Waals surface area contributed by atoms with Gasteiger partial charge in [0.2, 0.25) is 0 Å². The Bertz CT molecular complexity index is 1060. The third-order valence-corrected chi connectivity index (χ3v) is 5.93. The Hall–Kier alpha value is -3.06. The summed E-state index contributed by atoms with van der Waals surface area (Å²) in [5.41, 5.74) is 3.34. The van der Waals surface area contributed by atoms with Gasteiger partial charge in [-0.05, 0) is 41.3 Å². The summed E-state index contributed by atoms with van der Waals surface area (Å²) < 4.78 is 34.3. The Morgan fingerprint density at radius 3 is 2.23 bits per heavy atom. The molecule has 0 spiro atoms. The maximum atomic E-state index is 6.32. The van der Waals surface area contributed by atoms with Crippen LogP contribution in [0.5, 0.6) is 11.5 Å². The fourth-order valence-electron chi connectivity index (χ4n) is 3.71. The molecule has 2 aromatic rings. The molecule has 3 fully saturated rings. The summed E-state index contributed by atoms with van der Waals surface area (Å²) >= 11 is 0. The van der Waals surface area contributed by atoms with Crippen LogP contribution in [0.2, 0.25) is 0 Å². The molecule has 35 heavy (non-hydrogen) atoms. The highest BCUT2D eigenvalue weighted by atomic mass is 16.6. The summed E-state index contributed by atoms with van der Waals surface area (Å²) in [5.74, 6) is 2.58. The van der Waals surface area contributed by atoms with E-state index in [1.54, 1.807) is 6.08 Å². The minimum atomic E-state index is 0.175. The minimum Gasteiger partial charge on any atom is -0.491 e. The first-order valence-corrected chi connectivity index (χ1v) is 12.2. The van der Waals surface area contributed by atoms with E-state index >= 15 is 0 Å². The van der Waals surface area contributed by atoms with Gasteiger partial charge in [0, 0.05) is 6.42 Å². The van der Waals surface area contributed by atoms with E-state index in [2.05, 4.69) is 36.9 Å². The van der Waals surface area contributed by atoms with Gasteiger partial charge in [0.15, 0.2) is 0 Å². The Labute approximate surface area is 206 Å². The second-order valence-electron chi connectivity index (χ2n) is 8.89. The van der Waals surface area contributed by atoms with E-state index in [0.29, 0.717) is 32.7 Å². The van der Waals surface area contributed by atoms with Crippen molar-refractivity contribution in [1.29, 1.82) is 0 Å². The van der Waals surface area contributed by atoms with Gasteiger partial charge >= 0.3 is 0 Å². The van der Waals surface area contributed by atoms with Gasteiger partial charge in [0.25, 0.3) is 0 Å². The third kappa shape index (κ3) is 7.46. The summed E-state index contributed by atoms with van der Waals surface area (Å²) in [6, 6.07) is 14.5. The summed E-state index contributed by atoms with van der Waals surface area (Å²) in [4.78, 5) is 0. The molecular formula is C29H32O6. The maximum absolute atomic E-state index is 6.32. The van der Waals surface area contributed by atoms with Gasteiger partial charge in [-0.1, -0.05) is 55.1 Å². The maximum Gasteiger partial charge on any atom is 0.126 e. The molecule has 0 radical (unpaired) electrons. The van der Waals surface area contributed by atoms with Gasteiger partial charge in [-0.2, -0.15) is 0 Å². The first kappa shape index (κ1) is 23.7. The molecule has 5 rings (SSSR count). The highest BCUT2D eigenvalue weighted by Gasteiger charge is 2.26. The zero-order chi connectivity index (χ0) is 23.9. The number of hydrogen-bond acceptors (Lipinski definition) is 6. The molecular weight excluding hydrogens is 444 g/mol. The molecule has 0 saturated carbocycles. The third-order valence-electron chi connectivity index (χ3n) is 5.93. The van der Waals surface area contributed by atoms with E-state index < -0.39 is 0 Å². The average Bonchev–Trinajstić information content (AvgIpc) is 3.73. The van der Waals surface area contributed by atoms with E-state index in [0.717, 1.165) is 53.8 Å². The number of hydrogen-bond donors (Lipinski definition) is 0. The number of rotatable bonds is 15. The Morgan fingerprint density at radius 1 is 0.829 bits per heavy atom. The van der Waals surface area contributed by atoms with Crippen molar-refractivity contribution in [3.05, 3.63) is 95.8 Å². The van der Waals surface area contributed by atoms with Gasteiger partial charge in [0.1, 0.15) is 55.4 Å². The molecule has 0 N–H and O–H groups in total. The van der Waals surface area contributed by atoms with Crippen molar-refractivity contribution in [1.82, 2.24) is 0 Å². The molecule has 3 saturated heterocycles. The zero-order valence-electron chi connectivity index (χ0n) is 19.9. The van der Waals surface area contributed by atoms with Crippen molar-refractivity contribution in [2.45, 2.75) is 31.2 Å². The van der Waals surface area contributed by atoms with Crippen molar-refractivity contribution in [3.63, 3.8) is 0 Å². The number of allylic oxidation sites excluding steroid dienone is 4. The van der Waals surface area contributed by atoms with Crippen LogP contribution < -0.4 is 9.47 Å².